The van der Waals surface area contributed by atoms with Crippen molar-refractivity contribution in [3.63, 3.8) is 0 Å². The van der Waals surface area contributed by atoms with Crippen molar-refractivity contribution in [3.8, 4) is 0 Å². The molecule has 1 aromatic rings. The van der Waals surface area contributed by atoms with Gasteiger partial charge in [0.2, 0.25) is 0 Å². The highest BCUT2D eigenvalue weighted by Gasteiger charge is 2.02. The van der Waals surface area contributed by atoms with Crippen molar-refractivity contribution in [2.45, 2.75) is 20.4 Å². The van der Waals surface area contributed by atoms with Gasteiger partial charge in [0.15, 0.2) is 0 Å². The summed E-state index contributed by atoms with van der Waals surface area (Å²) in [6, 6.07) is 4.06. The lowest BCUT2D eigenvalue weighted by Crippen LogP contribution is -2.17. The molecule has 0 saturated heterocycles. The van der Waals surface area contributed by atoms with Gasteiger partial charge in [-0.2, -0.15) is 0 Å². The van der Waals surface area contributed by atoms with Crippen molar-refractivity contribution in [2.24, 2.45) is 5.73 Å². The Balaban J connectivity index is 2.95. The van der Waals surface area contributed by atoms with Gasteiger partial charge in [0.05, 0.1) is 0 Å². The van der Waals surface area contributed by atoms with Gasteiger partial charge < -0.3 is 10.6 Å². The first kappa shape index (κ1) is 9.99. The first-order chi connectivity index (χ1) is 6.19. The Morgan fingerprint density at radius 2 is 2.15 bits per heavy atom. The normalized spacial score (nSPS) is 10.2. The summed E-state index contributed by atoms with van der Waals surface area (Å²) in [6.45, 7) is 5.63. The Bertz CT molecular complexity index is 283. The molecule has 0 aromatic carbocycles. The minimum absolute atomic E-state index is 0.564. The standard InChI is InChI=1S/C10H17N3/c1-4-13(3)10-6-5-9(7-11)8(2)12-10/h5-6H,4,7,11H2,1-3H3. The Labute approximate surface area is 79.6 Å². The first-order valence-electron chi connectivity index (χ1n) is 4.56. The number of rotatable bonds is 3. The molecule has 0 radical (unpaired) electrons. The second kappa shape index (κ2) is 4.23. The monoisotopic (exact) mass is 179 g/mol. The van der Waals surface area contributed by atoms with E-state index in [4.69, 9.17) is 5.73 Å². The summed E-state index contributed by atoms with van der Waals surface area (Å²) < 4.78 is 0. The molecule has 0 amide bonds. The van der Waals surface area contributed by atoms with Crippen LogP contribution in [0.3, 0.4) is 0 Å². The summed E-state index contributed by atoms with van der Waals surface area (Å²) >= 11 is 0. The van der Waals surface area contributed by atoms with Gasteiger partial charge in [-0.25, -0.2) is 4.98 Å². The van der Waals surface area contributed by atoms with E-state index in [-0.39, 0.29) is 0 Å². The van der Waals surface area contributed by atoms with E-state index in [0.717, 1.165) is 23.6 Å². The molecule has 1 aromatic heterocycles. The molecule has 0 bridgehead atoms. The van der Waals surface area contributed by atoms with E-state index in [1.807, 2.05) is 26.1 Å². The fraction of sp³-hybridized carbons (Fsp3) is 0.500. The molecule has 1 rings (SSSR count). The fourth-order valence-corrected chi connectivity index (χ4v) is 1.17. The molecule has 13 heavy (non-hydrogen) atoms. The smallest absolute Gasteiger partial charge is 0.128 e. The Hall–Kier alpha value is -1.09. The second-order valence-electron chi connectivity index (χ2n) is 3.13. The summed E-state index contributed by atoms with van der Waals surface area (Å²) in [5.41, 5.74) is 7.70. The number of hydrogen-bond acceptors (Lipinski definition) is 3. The third-order valence-corrected chi connectivity index (χ3v) is 2.27. The maximum Gasteiger partial charge on any atom is 0.128 e. The van der Waals surface area contributed by atoms with Crippen molar-refractivity contribution in [2.75, 3.05) is 18.5 Å². The van der Waals surface area contributed by atoms with Gasteiger partial charge >= 0.3 is 0 Å². The summed E-state index contributed by atoms with van der Waals surface area (Å²) in [4.78, 5) is 6.57. The quantitative estimate of drug-likeness (QED) is 0.760. The fourth-order valence-electron chi connectivity index (χ4n) is 1.17. The second-order valence-corrected chi connectivity index (χ2v) is 3.13. The topological polar surface area (TPSA) is 42.1 Å². The third kappa shape index (κ3) is 2.18. The maximum atomic E-state index is 5.56. The molecular weight excluding hydrogens is 162 g/mol. The molecule has 0 aliphatic heterocycles. The molecule has 72 valence electrons. The van der Waals surface area contributed by atoms with Crippen molar-refractivity contribution < 1.29 is 0 Å². The average molecular weight is 179 g/mol. The molecule has 0 unspecified atom stereocenters. The highest BCUT2D eigenvalue weighted by Crippen LogP contribution is 2.12. The number of aryl methyl sites for hydroxylation is 1. The van der Waals surface area contributed by atoms with Gasteiger partial charge in [-0.05, 0) is 25.5 Å². The van der Waals surface area contributed by atoms with Crippen LogP contribution in [0, 0.1) is 6.92 Å². The Morgan fingerprint density at radius 3 is 2.62 bits per heavy atom. The summed E-state index contributed by atoms with van der Waals surface area (Å²) in [5, 5.41) is 0. The van der Waals surface area contributed by atoms with Crippen LogP contribution in [0.4, 0.5) is 5.82 Å². The number of hydrogen-bond donors (Lipinski definition) is 1. The molecule has 0 aliphatic carbocycles. The number of aromatic nitrogens is 1. The van der Waals surface area contributed by atoms with E-state index in [1.165, 1.54) is 0 Å². The van der Waals surface area contributed by atoms with Crippen LogP contribution in [0.25, 0.3) is 0 Å². The molecule has 2 N–H and O–H groups in total. The van der Waals surface area contributed by atoms with Gasteiger partial charge in [0, 0.05) is 25.8 Å². The zero-order valence-electron chi connectivity index (χ0n) is 8.54. The predicted molar refractivity (Wildman–Crippen MR) is 55.8 cm³/mol. The largest absolute Gasteiger partial charge is 0.360 e. The van der Waals surface area contributed by atoms with Gasteiger partial charge in [0.25, 0.3) is 0 Å². The highest BCUT2D eigenvalue weighted by atomic mass is 15.2. The number of nitrogens with two attached hydrogens (primary N) is 1. The van der Waals surface area contributed by atoms with E-state index in [2.05, 4.69) is 16.8 Å². The van der Waals surface area contributed by atoms with Gasteiger partial charge in [0.1, 0.15) is 5.82 Å². The average Bonchev–Trinajstić information content (AvgIpc) is 2.16. The molecule has 0 fully saturated rings. The van der Waals surface area contributed by atoms with Crippen LogP contribution in [-0.4, -0.2) is 18.6 Å². The van der Waals surface area contributed by atoms with Gasteiger partial charge in [-0.15, -0.1) is 0 Å². The summed E-state index contributed by atoms with van der Waals surface area (Å²) in [6.07, 6.45) is 0. The van der Waals surface area contributed by atoms with Crippen LogP contribution in [-0.2, 0) is 6.54 Å². The SMILES string of the molecule is CCN(C)c1ccc(CN)c(C)n1. The number of pyridine rings is 1. The minimum atomic E-state index is 0.564. The molecule has 1 heterocycles. The van der Waals surface area contributed by atoms with Crippen molar-refractivity contribution >= 4 is 5.82 Å². The van der Waals surface area contributed by atoms with Crippen molar-refractivity contribution in [3.05, 3.63) is 23.4 Å². The van der Waals surface area contributed by atoms with Gasteiger partial charge in [-0.3, -0.25) is 0 Å². The molecule has 0 aliphatic rings. The van der Waals surface area contributed by atoms with E-state index in [1.54, 1.807) is 0 Å². The maximum absolute atomic E-state index is 5.56. The molecular formula is C10H17N3. The molecule has 0 atom stereocenters. The summed E-state index contributed by atoms with van der Waals surface area (Å²) in [5.74, 6) is 1.01. The van der Waals surface area contributed by atoms with E-state index < -0.39 is 0 Å². The third-order valence-electron chi connectivity index (χ3n) is 2.27. The molecule has 0 spiro atoms. The van der Waals surface area contributed by atoms with Crippen LogP contribution >= 0.6 is 0 Å². The van der Waals surface area contributed by atoms with Crippen LogP contribution < -0.4 is 10.6 Å². The van der Waals surface area contributed by atoms with Crippen LogP contribution in [0.1, 0.15) is 18.2 Å². The van der Waals surface area contributed by atoms with E-state index in [9.17, 15) is 0 Å². The number of nitrogens with zero attached hydrogens (tertiary/aromatic N) is 2. The highest BCUT2D eigenvalue weighted by molar-refractivity contribution is 5.40. The predicted octanol–water partition coefficient (Wildman–Crippen LogP) is 1.30. The van der Waals surface area contributed by atoms with E-state index in [0.29, 0.717) is 6.54 Å². The summed E-state index contributed by atoms with van der Waals surface area (Å²) in [7, 11) is 2.03. The van der Waals surface area contributed by atoms with Crippen LogP contribution in [0.5, 0.6) is 0 Å². The number of anilines is 1. The zero-order chi connectivity index (χ0) is 9.84. The Morgan fingerprint density at radius 1 is 1.46 bits per heavy atom. The van der Waals surface area contributed by atoms with Crippen LogP contribution in [0.15, 0.2) is 12.1 Å². The van der Waals surface area contributed by atoms with Crippen molar-refractivity contribution in [1.29, 1.82) is 0 Å². The lowest BCUT2D eigenvalue weighted by Gasteiger charge is -2.16. The first-order valence-corrected chi connectivity index (χ1v) is 4.56. The van der Waals surface area contributed by atoms with Crippen molar-refractivity contribution in [1.82, 2.24) is 4.98 Å². The molecule has 3 nitrogen and oxygen atoms in total. The lowest BCUT2D eigenvalue weighted by molar-refractivity contribution is 0.916. The molecule has 3 heteroatoms. The molecule has 0 saturated carbocycles. The van der Waals surface area contributed by atoms with Gasteiger partial charge in [-0.1, -0.05) is 6.07 Å². The lowest BCUT2D eigenvalue weighted by atomic mass is 10.2. The zero-order valence-corrected chi connectivity index (χ0v) is 8.54. The minimum Gasteiger partial charge on any atom is -0.360 e. The van der Waals surface area contributed by atoms with Crippen LogP contribution in [0.2, 0.25) is 0 Å². The Kier molecular flexibility index (Phi) is 3.25. The van der Waals surface area contributed by atoms with E-state index >= 15 is 0 Å².